The van der Waals surface area contributed by atoms with Crippen molar-refractivity contribution < 1.29 is 15.0 Å². The number of benzene rings is 2. The Labute approximate surface area is 188 Å². The highest BCUT2D eigenvalue weighted by molar-refractivity contribution is 5.94. The number of pyridine rings is 1. The minimum absolute atomic E-state index is 0.156. The average Bonchev–Trinajstić information content (AvgIpc) is 2.77. The molecule has 6 N–H and O–H groups in total. The molecule has 32 heavy (non-hydrogen) atoms. The summed E-state index contributed by atoms with van der Waals surface area (Å²) in [5, 5.41) is 26.1. The van der Waals surface area contributed by atoms with Crippen molar-refractivity contribution >= 4 is 11.7 Å². The van der Waals surface area contributed by atoms with E-state index in [9.17, 15) is 15.0 Å². The van der Waals surface area contributed by atoms with Crippen molar-refractivity contribution in [2.75, 3.05) is 12.3 Å². The van der Waals surface area contributed by atoms with Gasteiger partial charge in [-0.25, -0.2) is 4.98 Å². The van der Waals surface area contributed by atoms with Crippen LogP contribution < -0.4 is 16.4 Å². The molecule has 7 nitrogen and oxygen atoms in total. The highest BCUT2D eigenvalue weighted by Gasteiger charge is 2.20. The summed E-state index contributed by atoms with van der Waals surface area (Å²) in [6.07, 6.45) is 1.56. The Hall–Kier alpha value is -3.42. The first-order chi connectivity index (χ1) is 15.2. The summed E-state index contributed by atoms with van der Waals surface area (Å²) < 4.78 is 0. The molecule has 0 saturated heterocycles. The van der Waals surface area contributed by atoms with Crippen molar-refractivity contribution in [3.05, 3.63) is 89.1 Å². The zero-order chi connectivity index (χ0) is 23.1. The van der Waals surface area contributed by atoms with Gasteiger partial charge in [0.2, 0.25) is 0 Å². The van der Waals surface area contributed by atoms with Gasteiger partial charge in [0.25, 0.3) is 5.91 Å². The maximum absolute atomic E-state index is 12.6. The molecule has 2 aromatic carbocycles. The van der Waals surface area contributed by atoms with Crippen LogP contribution in [-0.2, 0) is 13.0 Å². The molecule has 168 valence electrons. The zero-order valence-corrected chi connectivity index (χ0v) is 18.4. The Morgan fingerprint density at radius 1 is 1.09 bits per heavy atom. The van der Waals surface area contributed by atoms with E-state index in [2.05, 4.69) is 29.5 Å². The van der Waals surface area contributed by atoms with E-state index in [0.29, 0.717) is 36.5 Å². The molecule has 0 aliphatic rings. The lowest BCUT2D eigenvalue weighted by molar-refractivity contribution is 0.0950. The molecule has 1 amide bonds. The number of nitrogens with one attached hydrogen (secondary N) is 2. The molecule has 0 fully saturated rings. The van der Waals surface area contributed by atoms with Gasteiger partial charge in [0.15, 0.2) is 0 Å². The second-order valence-corrected chi connectivity index (χ2v) is 8.52. The molecule has 0 bridgehead atoms. The van der Waals surface area contributed by atoms with Gasteiger partial charge < -0.3 is 26.6 Å². The van der Waals surface area contributed by atoms with Gasteiger partial charge in [-0.1, -0.05) is 30.3 Å². The topological polar surface area (TPSA) is 120 Å². The van der Waals surface area contributed by atoms with E-state index < -0.39 is 6.10 Å². The second kappa shape index (κ2) is 10.3. The number of nitrogens with zero attached hydrogens (tertiary/aromatic N) is 1. The molecule has 3 rings (SSSR count). The number of amides is 1. The van der Waals surface area contributed by atoms with Gasteiger partial charge >= 0.3 is 0 Å². The second-order valence-electron chi connectivity index (χ2n) is 8.52. The lowest BCUT2D eigenvalue weighted by atomic mass is 9.93. The van der Waals surface area contributed by atoms with Gasteiger partial charge in [-0.15, -0.1) is 0 Å². The minimum atomic E-state index is -0.695. The Kier molecular flexibility index (Phi) is 7.45. The van der Waals surface area contributed by atoms with E-state index >= 15 is 0 Å². The molecule has 7 heteroatoms. The maximum atomic E-state index is 12.6. The van der Waals surface area contributed by atoms with Gasteiger partial charge in [-0.05, 0) is 61.7 Å². The van der Waals surface area contributed by atoms with E-state index in [0.717, 1.165) is 11.1 Å². The average molecular weight is 435 g/mol. The summed E-state index contributed by atoms with van der Waals surface area (Å²) in [6, 6.07) is 17.7. The van der Waals surface area contributed by atoms with Crippen LogP contribution in [0.1, 0.15) is 47.0 Å². The number of nitrogens with two attached hydrogens (primary N) is 1. The highest BCUT2D eigenvalue weighted by atomic mass is 16.3. The molecular formula is C25H30N4O3. The molecule has 0 aliphatic carbocycles. The fraction of sp³-hybridized carbons (Fsp3) is 0.280. The van der Waals surface area contributed by atoms with E-state index in [4.69, 9.17) is 5.73 Å². The van der Waals surface area contributed by atoms with Crippen molar-refractivity contribution in [1.82, 2.24) is 15.6 Å². The van der Waals surface area contributed by atoms with Crippen LogP contribution in [0.4, 0.5) is 5.82 Å². The van der Waals surface area contributed by atoms with Gasteiger partial charge in [0, 0.05) is 36.0 Å². The third kappa shape index (κ3) is 6.80. The number of phenolic OH excluding ortho intramolecular Hbond substituents is 1. The molecule has 1 aromatic heterocycles. The quantitative estimate of drug-likeness (QED) is 0.353. The van der Waals surface area contributed by atoms with Crippen molar-refractivity contribution in [3.63, 3.8) is 0 Å². The van der Waals surface area contributed by atoms with E-state index in [-0.39, 0.29) is 17.2 Å². The molecule has 0 radical (unpaired) electrons. The Balaban J connectivity index is 1.55. The smallest absolute Gasteiger partial charge is 0.251 e. The molecular weight excluding hydrogens is 404 g/mol. The standard InChI is InChI=1S/C25H30N4O3/c1-25(2,29-16-22(31)20-8-11-23(26)27-15-20)13-18-4-3-5-19(12-18)24(32)28-14-17-6-9-21(30)10-7-17/h3-12,15,22,29-31H,13-14,16H2,1-2H3,(H2,26,27)(H,28,32)/t22-/m0/s1. The predicted octanol–water partition coefficient (Wildman–Crippen LogP) is 2.94. The summed E-state index contributed by atoms with van der Waals surface area (Å²) in [4.78, 5) is 16.6. The molecule has 0 saturated carbocycles. The largest absolute Gasteiger partial charge is 0.508 e. The number of aliphatic hydroxyl groups excluding tert-OH is 1. The van der Waals surface area contributed by atoms with Crippen LogP contribution >= 0.6 is 0 Å². The number of hydrogen-bond donors (Lipinski definition) is 5. The number of phenols is 1. The van der Waals surface area contributed by atoms with Crippen LogP contribution in [0.15, 0.2) is 66.9 Å². The SMILES string of the molecule is CC(C)(Cc1cccc(C(=O)NCc2ccc(O)cc2)c1)NC[C@H](O)c1ccc(N)nc1. The Bertz CT molecular complexity index is 1030. The van der Waals surface area contributed by atoms with Crippen molar-refractivity contribution in [2.24, 2.45) is 0 Å². The zero-order valence-electron chi connectivity index (χ0n) is 18.4. The van der Waals surface area contributed by atoms with Gasteiger partial charge in [-0.2, -0.15) is 0 Å². The number of anilines is 1. The fourth-order valence-corrected chi connectivity index (χ4v) is 3.40. The minimum Gasteiger partial charge on any atom is -0.508 e. The number of aliphatic hydroxyl groups is 1. The number of carbonyl (C=O) groups excluding carboxylic acids is 1. The molecule has 1 heterocycles. The number of aromatic nitrogens is 1. The van der Waals surface area contributed by atoms with Crippen molar-refractivity contribution in [3.8, 4) is 5.75 Å². The van der Waals surface area contributed by atoms with Crippen LogP contribution in [0.2, 0.25) is 0 Å². The summed E-state index contributed by atoms with van der Waals surface area (Å²) in [5.41, 5.74) is 8.51. The van der Waals surface area contributed by atoms with Gasteiger partial charge in [0.1, 0.15) is 11.6 Å². The number of carbonyl (C=O) groups is 1. The molecule has 0 aliphatic heterocycles. The van der Waals surface area contributed by atoms with Crippen LogP contribution in [0.5, 0.6) is 5.75 Å². The van der Waals surface area contributed by atoms with Crippen LogP contribution in [-0.4, -0.2) is 33.2 Å². The third-order valence-corrected chi connectivity index (χ3v) is 5.19. The van der Waals surface area contributed by atoms with Crippen molar-refractivity contribution in [1.29, 1.82) is 0 Å². The normalized spacial score (nSPS) is 12.3. The number of hydrogen-bond acceptors (Lipinski definition) is 6. The molecule has 0 unspecified atom stereocenters. The number of β-amino-alcohol motifs (C(OH)–C–C–N with tert-alkyl or cyclic N) is 1. The van der Waals surface area contributed by atoms with E-state index in [1.165, 1.54) is 0 Å². The third-order valence-electron chi connectivity index (χ3n) is 5.19. The first-order valence-corrected chi connectivity index (χ1v) is 10.5. The fourth-order valence-electron chi connectivity index (χ4n) is 3.40. The number of nitrogen functional groups attached to an aromatic ring is 1. The van der Waals surface area contributed by atoms with E-state index in [1.54, 1.807) is 48.7 Å². The summed E-state index contributed by atoms with van der Waals surface area (Å²) in [7, 11) is 0. The lowest BCUT2D eigenvalue weighted by Crippen LogP contribution is -2.43. The number of aromatic hydroxyl groups is 1. The summed E-state index contributed by atoms with van der Waals surface area (Å²) in [5.74, 6) is 0.458. The Morgan fingerprint density at radius 3 is 2.53 bits per heavy atom. The van der Waals surface area contributed by atoms with Crippen LogP contribution in [0.25, 0.3) is 0 Å². The lowest BCUT2D eigenvalue weighted by Gasteiger charge is -2.28. The first kappa shape index (κ1) is 23.2. The predicted molar refractivity (Wildman–Crippen MR) is 125 cm³/mol. The molecule has 0 spiro atoms. The van der Waals surface area contributed by atoms with E-state index in [1.807, 2.05) is 18.2 Å². The molecule has 1 atom stereocenters. The number of rotatable bonds is 9. The van der Waals surface area contributed by atoms with Crippen molar-refractivity contribution in [2.45, 2.75) is 38.5 Å². The maximum Gasteiger partial charge on any atom is 0.251 e. The Morgan fingerprint density at radius 2 is 1.84 bits per heavy atom. The highest BCUT2D eigenvalue weighted by Crippen LogP contribution is 2.18. The summed E-state index contributed by atoms with van der Waals surface area (Å²) in [6.45, 7) is 4.86. The van der Waals surface area contributed by atoms with Gasteiger partial charge in [0.05, 0.1) is 6.10 Å². The van der Waals surface area contributed by atoms with Gasteiger partial charge in [-0.3, -0.25) is 4.79 Å². The summed E-state index contributed by atoms with van der Waals surface area (Å²) >= 11 is 0. The monoisotopic (exact) mass is 434 g/mol. The molecule has 3 aromatic rings. The van der Waals surface area contributed by atoms with Crippen LogP contribution in [0.3, 0.4) is 0 Å². The van der Waals surface area contributed by atoms with Crippen LogP contribution in [0, 0.1) is 0 Å². The first-order valence-electron chi connectivity index (χ1n) is 10.5.